The van der Waals surface area contributed by atoms with E-state index >= 15 is 0 Å². The summed E-state index contributed by atoms with van der Waals surface area (Å²) >= 11 is 3.15. The number of hydrogen-bond acceptors (Lipinski definition) is 4. The quantitative estimate of drug-likeness (QED) is 0.675. The number of carbonyl (C=O) groups excluding carboxylic acids is 1. The number of hydrogen-bond donors (Lipinski definition) is 1. The first-order valence-corrected chi connectivity index (χ1v) is 4.97. The van der Waals surface area contributed by atoms with Crippen molar-refractivity contribution in [2.45, 2.75) is 6.92 Å². The van der Waals surface area contributed by atoms with Gasteiger partial charge >= 0.3 is 0 Å². The van der Waals surface area contributed by atoms with Crippen molar-refractivity contribution in [3.63, 3.8) is 0 Å². The zero-order valence-electron chi connectivity index (χ0n) is 7.99. The van der Waals surface area contributed by atoms with Crippen LogP contribution in [-0.2, 0) is 4.79 Å². The number of ketones is 1. The number of nitrogens with zero attached hydrogens (tertiary/aromatic N) is 1. The van der Waals surface area contributed by atoms with E-state index in [1.807, 2.05) is 0 Å². The van der Waals surface area contributed by atoms with Crippen molar-refractivity contribution >= 4 is 33.1 Å². The van der Waals surface area contributed by atoms with E-state index in [-0.39, 0.29) is 18.0 Å². The van der Waals surface area contributed by atoms with Gasteiger partial charge in [-0.1, -0.05) is 15.9 Å². The summed E-state index contributed by atoms with van der Waals surface area (Å²) < 4.78 is 0.627. The Kier molecular flexibility index (Phi) is 3.79. The monoisotopic (exact) mass is 272 g/mol. The van der Waals surface area contributed by atoms with Crippen molar-refractivity contribution in [1.29, 1.82) is 0 Å². The first kappa shape index (κ1) is 11.6. The molecule has 0 aliphatic rings. The third kappa shape index (κ3) is 3.32. The molecule has 0 aromatic heterocycles. The van der Waals surface area contributed by atoms with Crippen molar-refractivity contribution < 1.29 is 9.72 Å². The Labute approximate surface area is 94.8 Å². The van der Waals surface area contributed by atoms with E-state index in [4.69, 9.17) is 0 Å². The maximum Gasteiger partial charge on any atom is 0.293 e. The van der Waals surface area contributed by atoms with Crippen LogP contribution in [0.2, 0.25) is 0 Å². The van der Waals surface area contributed by atoms with Gasteiger partial charge in [-0.25, -0.2) is 0 Å². The standard InChI is InChI=1S/C9H9BrN2O3/c1-6(13)5-11-8-3-2-7(10)4-9(8)12(14)15/h2-4,11H,5H2,1H3. The molecule has 0 fully saturated rings. The van der Waals surface area contributed by atoms with Gasteiger partial charge in [-0.2, -0.15) is 0 Å². The molecule has 1 aromatic carbocycles. The van der Waals surface area contributed by atoms with E-state index in [0.717, 1.165) is 0 Å². The van der Waals surface area contributed by atoms with Gasteiger partial charge in [0.2, 0.25) is 0 Å². The lowest BCUT2D eigenvalue weighted by atomic mass is 10.2. The minimum Gasteiger partial charge on any atom is -0.372 e. The molecule has 0 radical (unpaired) electrons. The average Bonchev–Trinajstić information content (AvgIpc) is 2.15. The van der Waals surface area contributed by atoms with E-state index in [0.29, 0.717) is 10.2 Å². The van der Waals surface area contributed by atoms with E-state index in [1.165, 1.54) is 13.0 Å². The van der Waals surface area contributed by atoms with Gasteiger partial charge in [0, 0.05) is 10.5 Å². The second-order valence-electron chi connectivity index (χ2n) is 2.97. The molecule has 15 heavy (non-hydrogen) atoms. The summed E-state index contributed by atoms with van der Waals surface area (Å²) in [6.07, 6.45) is 0. The van der Waals surface area contributed by atoms with Gasteiger partial charge in [-0.05, 0) is 19.1 Å². The maximum atomic E-state index is 10.7. The zero-order valence-corrected chi connectivity index (χ0v) is 9.58. The Balaban J connectivity index is 2.95. The molecule has 0 aliphatic heterocycles. The second-order valence-corrected chi connectivity index (χ2v) is 3.89. The number of nitrogens with one attached hydrogen (secondary N) is 1. The number of nitro benzene ring substituents is 1. The predicted molar refractivity (Wildman–Crippen MR) is 60.0 cm³/mol. The van der Waals surface area contributed by atoms with Gasteiger partial charge in [0.25, 0.3) is 5.69 Å². The highest BCUT2D eigenvalue weighted by Crippen LogP contribution is 2.27. The average molecular weight is 273 g/mol. The van der Waals surface area contributed by atoms with Gasteiger partial charge in [0.1, 0.15) is 11.5 Å². The normalized spacial score (nSPS) is 9.73. The minimum absolute atomic E-state index is 0.0503. The lowest BCUT2D eigenvalue weighted by Crippen LogP contribution is -2.11. The van der Waals surface area contributed by atoms with Crippen LogP contribution in [0.4, 0.5) is 11.4 Å². The highest BCUT2D eigenvalue weighted by molar-refractivity contribution is 9.10. The molecule has 0 heterocycles. The SMILES string of the molecule is CC(=O)CNc1ccc(Br)cc1[N+](=O)[O-]. The molecule has 1 aromatic rings. The molecule has 0 atom stereocenters. The lowest BCUT2D eigenvalue weighted by molar-refractivity contribution is -0.384. The zero-order chi connectivity index (χ0) is 11.4. The highest BCUT2D eigenvalue weighted by Gasteiger charge is 2.13. The van der Waals surface area contributed by atoms with E-state index in [2.05, 4.69) is 21.2 Å². The van der Waals surface area contributed by atoms with E-state index in [1.54, 1.807) is 12.1 Å². The summed E-state index contributed by atoms with van der Waals surface area (Å²) in [4.78, 5) is 20.9. The molecule has 0 spiro atoms. The molecule has 0 amide bonds. The van der Waals surface area contributed by atoms with Crippen LogP contribution in [0, 0.1) is 10.1 Å². The fraction of sp³-hybridized carbons (Fsp3) is 0.222. The van der Waals surface area contributed by atoms with Crippen LogP contribution in [0.5, 0.6) is 0 Å². The van der Waals surface area contributed by atoms with E-state index in [9.17, 15) is 14.9 Å². The largest absolute Gasteiger partial charge is 0.372 e. The van der Waals surface area contributed by atoms with Crippen LogP contribution < -0.4 is 5.32 Å². The Morgan fingerprint density at radius 1 is 1.60 bits per heavy atom. The molecular weight excluding hydrogens is 264 g/mol. The summed E-state index contributed by atoms with van der Waals surface area (Å²) in [7, 11) is 0. The van der Waals surface area contributed by atoms with Gasteiger partial charge in [0.15, 0.2) is 0 Å². The summed E-state index contributed by atoms with van der Waals surface area (Å²) in [5.74, 6) is -0.0767. The maximum absolute atomic E-state index is 10.7. The molecular formula is C9H9BrN2O3. The lowest BCUT2D eigenvalue weighted by Gasteiger charge is -2.04. The number of benzene rings is 1. The number of halogens is 1. The van der Waals surface area contributed by atoms with Crippen LogP contribution in [-0.4, -0.2) is 17.3 Å². The van der Waals surface area contributed by atoms with Crippen LogP contribution in [0.25, 0.3) is 0 Å². The first-order chi connectivity index (χ1) is 7.00. The molecule has 1 N–H and O–H groups in total. The smallest absolute Gasteiger partial charge is 0.293 e. The van der Waals surface area contributed by atoms with Crippen molar-refractivity contribution in [2.24, 2.45) is 0 Å². The summed E-state index contributed by atoms with van der Waals surface area (Å²) in [5.41, 5.74) is 0.295. The molecule has 0 bridgehead atoms. The van der Waals surface area contributed by atoms with Crippen LogP contribution >= 0.6 is 15.9 Å². The second kappa shape index (κ2) is 4.88. The molecule has 6 heteroatoms. The van der Waals surface area contributed by atoms with Gasteiger partial charge in [0.05, 0.1) is 11.5 Å². The number of carbonyl (C=O) groups is 1. The van der Waals surface area contributed by atoms with Crippen LogP contribution in [0.1, 0.15) is 6.92 Å². The molecule has 0 saturated carbocycles. The topological polar surface area (TPSA) is 72.2 Å². The third-order valence-corrected chi connectivity index (χ3v) is 2.18. The van der Waals surface area contributed by atoms with Crippen molar-refractivity contribution in [1.82, 2.24) is 0 Å². The third-order valence-electron chi connectivity index (χ3n) is 1.68. The Bertz CT molecular complexity index is 406. The Hall–Kier alpha value is -1.43. The molecule has 80 valence electrons. The number of Topliss-reactive ketones (excluding diaryl/α,β-unsaturated/α-hetero) is 1. The van der Waals surface area contributed by atoms with Crippen molar-refractivity contribution in [2.75, 3.05) is 11.9 Å². The van der Waals surface area contributed by atoms with Gasteiger partial charge in [-0.15, -0.1) is 0 Å². The predicted octanol–water partition coefficient (Wildman–Crippen LogP) is 2.36. The molecule has 0 aliphatic carbocycles. The number of anilines is 1. The van der Waals surface area contributed by atoms with Crippen molar-refractivity contribution in [3.8, 4) is 0 Å². The Morgan fingerprint density at radius 3 is 2.80 bits per heavy atom. The molecule has 0 saturated heterocycles. The van der Waals surface area contributed by atoms with Crippen molar-refractivity contribution in [3.05, 3.63) is 32.8 Å². The molecule has 0 unspecified atom stereocenters. The number of nitro groups is 1. The summed E-state index contributed by atoms with van der Waals surface area (Å²) in [5, 5.41) is 13.4. The van der Waals surface area contributed by atoms with Crippen LogP contribution in [0.3, 0.4) is 0 Å². The Morgan fingerprint density at radius 2 is 2.27 bits per heavy atom. The number of rotatable bonds is 4. The van der Waals surface area contributed by atoms with E-state index < -0.39 is 4.92 Å². The molecule has 1 rings (SSSR count). The minimum atomic E-state index is -0.493. The molecule has 5 nitrogen and oxygen atoms in total. The first-order valence-electron chi connectivity index (χ1n) is 4.18. The fourth-order valence-electron chi connectivity index (χ4n) is 1.03. The van der Waals surface area contributed by atoms with Gasteiger partial charge < -0.3 is 5.32 Å². The summed E-state index contributed by atoms with van der Waals surface area (Å²) in [6.45, 7) is 1.50. The van der Waals surface area contributed by atoms with Gasteiger partial charge in [-0.3, -0.25) is 14.9 Å². The highest BCUT2D eigenvalue weighted by atomic mass is 79.9. The fourth-order valence-corrected chi connectivity index (χ4v) is 1.37. The summed E-state index contributed by atoms with van der Waals surface area (Å²) in [6, 6.07) is 4.63. The van der Waals surface area contributed by atoms with Crippen LogP contribution in [0.15, 0.2) is 22.7 Å².